The Labute approximate surface area is 131 Å². The second kappa shape index (κ2) is 11.0. The zero-order chi connectivity index (χ0) is 15.7. The SMILES string of the molecule is FC(F)(F)/C([S-])=C(/[S-])C(F)(F)F.N#[O+].[Mn].[c-]1[c-][c-][cH-][c-]1. The van der Waals surface area contributed by atoms with Crippen molar-refractivity contribution in [1.82, 2.24) is 0 Å². The standard InChI is InChI=1S/C5H.C4H2F6S2.Mn.NO/c1-2-4-5-3-1;5-3(6,7)1(11)2(12)4(8,9)10;;1-2/h1H;11-12H;;/q-5;;;+1/p-2/b;2-1-;;. The van der Waals surface area contributed by atoms with Crippen molar-refractivity contribution in [3.8, 4) is 0 Å². The molecule has 0 aliphatic rings. The van der Waals surface area contributed by atoms with Gasteiger partial charge in [-0.2, -0.15) is 26.3 Å². The number of hydrogen-bond donors (Lipinski definition) is 0. The second-order valence-electron chi connectivity index (χ2n) is 2.34. The van der Waals surface area contributed by atoms with Gasteiger partial charge in [0.05, 0.1) is 0 Å². The summed E-state index contributed by atoms with van der Waals surface area (Å²) < 4.78 is 76.3. The number of rotatable bonds is 0. The molecule has 0 aromatic heterocycles. The van der Waals surface area contributed by atoms with Crippen LogP contribution in [0.25, 0.3) is 0 Å². The summed E-state index contributed by atoms with van der Waals surface area (Å²) in [7, 11) is 0. The van der Waals surface area contributed by atoms with Crippen molar-refractivity contribution in [3.63, 3.8) is 0 Å². The monoisotopic (exact) mass is 372 g/mol. The van der Waals surface area contributed by atoms with Crippen LogP contribution in [0.15, 0.2) is 15.9 Å². The quantitative estimate of drug-likeness (QED) is 0.231. The van der Waals surface area contributed by atoms with Gasteiger partial charge in [0.1, 0.15) is 0 Å². The molecule has 1 rings (SSSR count). The molecule has 0 fully saturated rings. The molecule has 11 heteroatoms. The minimum absolute atomic E-state index is 0. The summed E-state index contributed by atoms with van der Waals surface area (Å²) in [6.07, 6.45) is -10.4. The predicted octanol–water partition coefficient (Wildman–Crippen LogP) is 2.92. The van der Waals surface area contributed by atoms with E-state index in [2.05, 4.69) is 49.5 Å². The molecule has 0 amide bonds. The van der Waals surface area contributed by atoms with E-state index in [9.17, 15) is 26.3 Å². The van der Waals surface area contributed by atoms with Crippen LogP contribution in [-0.2, 0) is 47.1 Å². The molecule has 0 saturated carbocycles. The van der Waals surface area contributed by atoms with E-state index < -0.39 is 22.2 Å². The molecule has 1 radical (unpaired) electrons. The fourth-order valence-corrected chi connectivity index (χ4v) is 0.669. The molecule has 2 nitrogen and oxygen atoms in total. The molecule has 0 heterocycles. The fourth-order valence-electron chi connectivity index (χ4n) is 0.438. The summed E-state index contributed by atoms with van der Waals surface area (Å²) in [5.41, 5.74) is 5.75. The third-order valence-electron chi connectivity index (χ3n) is 1.07. The third kappa shape index (κ3) is 11.2. The largest absolute Gasteiger partial charge is 0.999 e. The maximum Gasteiger partial charge on any atom is 0 e. The van der Waals surface area contributed by atoms with E-state index in [1.54, 1.807) is 6.07 Å². The van der Waals surface area contributed by atoms with Crippen LogP contribution >= 0.6 is 0 Å². The molecule has 0 aliphatic carbocycles. The number of hydrogen-bond acceptors (Lipinski definition) is 3. The summed E-state index contributed by atoms with van der Waals surface area (Å²) in [4.78, 5) is -4.41. The molecule has 0 N–H and O–H groups in total. The number of alkyl halides is 6. The number of allylic oxidation sites excluding steroid dienone is 2. The van der Waals surface area contributed by atoms with Gasteiger partial charge in [0, 0.05) is 17.1 Å². The summed E-state index contributed by atoms with van der Waals surface area (Å²) in [5.74, 6) is 0. The predicted molar refractivity (Wildman–Crippen MR) is 53.7 cm³/mol. The van der Waals surface area contributed by atoms with Gasteiger partial charge in [-0.25, -0.2) is 0 Å². The van der Waals surface area contributed by atoms with Crippen molar-refractivity contribution in [2.24, 2.45) is 0 Å². The molecule has 115 valence electrons. The normalized spacial score (nSPS) is 11.6. The molecular weight excluding hydrogens is 371 g/mol. The van der Waals surface area contributed by atoms with Crippen LogP contribution in [0.5, 0.6) is 0 Å². The Bertz CT molecular complexity index is 360. The van der Waals surface area contributed by atoms with Gasteiger partial charge in [-0.15, -0.1) is 9.81 Å². The Morgan fingerprint density at radius 1 is 0.850 bits per heavy atom. The zero-order valence-corrected chi connectivity index (χ0v) is 11.7. The zero-order valence-electron chi connectivity index (χ0n) is 8.90. The average Bonchev–Trinajstić information content (AvgIpc) is 2.86. The Morgan fingerprint density at radius 2 is 1.10 bits per heavy atom. The second-order valence-corrected chi connectivity index (χ2v) is 3.15. The molecule has 1 aromatic carbocycles. The van der Waals surface area contributed by atoms with Crippen molar-refractivity contribution in [3.05, 3.63) is 40.1 Å². The van der Waals surface area contributed by atoms with Gasteiger partial charge in [0.25, 0.3) is 0 Å². The van der Waals surface area contributed by atoms with E-state index in [0.29, 0.717) is 0 Å². The van der Waals surface area contributed by atoms with Crippen molar-refractivity contribution in [2.75, 3.05) is 0 Å². The topological polar surface area (TPSA) is 43.7 Å². The summed E-state index contributed by atoms with van der Waals surface area (Å²) in [6, 6.07) is 12.0. The van der Waals surface area contributed by atoms with E-state index in [4.69, 9.17) is 10.2 Å². The first-order valence-electron chi connectivity index (χ1n) is 3.80. The van der Waals surface area contributed by atoms with Gasteiger partial charge in [-0.05, 0) is 0 Å². The number of halogens is 6. The van der Waals surface area contributed by atoms with Crippen LogP contribution in [0, 0.1) is 29.7 Å². The van der Waals surface area contributed by atoms with Crippen LogP contribution in [0.2, 0.25) is 0 Å². The maximum absolute atomic E-state index is 11.5. The van der Waals surface area contributed by atoms with Gasteiger partial charge in [-0.1, -0.05) is 0 Å². The smallest absolute Gasteiger partial charge is 0 e. The van der Waals surface area contributed by atoms with E-state index in [1.807, 2.05) is 0 Å². The maximum atomic E-state index is 11.5. The summed E-state index contributed by atoms with van der Waals surface area (Å²) >= 11 is 6.95. The Balaban J connectivity index is -0.000000300. The van der Waals surface area contributed by atoms with Gasteiger partial charge < -0.3 is 55.6 Å². The number of nitrogens with zero attached hydrogens (tertiary/aromatic N) is 1. The van der Waals surface area contributed by atoms with E-state index in [1.165, 1.54) is 0 Å². The van der Waals surface area contributed by atoms with Crippen molar-refractivity contribution < 1.29 is 48.2 Å². The van der Waals surface area contributed by atoms with Crippen LogP contribution in [0.3, 0.4) is 0 Å². The molecule has 0 bridgehead atoms. The van der Waals surface area contributed by atoms with Crippen molar-refractivity contribution >= 4 is 25.3 Å². The molecule has 0 saturated heterocycles. The van der Waals surface area contributed by atoms with E-state index in [-0.39, 0.29) is 17.1 Å². The van der Waals surface area contributed by atoms with Crippen molar-refractivity contribution in [2.45, 2.75) is 12.4 Å². The molecule has 0 unspecified atom stereocenters. The fraction of sp³-hybridized carbons (Fsp3) is 0.222. The molecular formula is C9HF6MnNOS2-6. The van der Waals surface area contributed by atoms with Crippen LogP contribution in [-0.4, -0.2) is 12.4 Å². The van der Waals surface area contributed by atoms with E-state index in [0.717, 1.165) is 0 Å². The first-order chi connectivity index (χ1) is 8.57. The van der Waals surface area contributed by atoms with Crippen LogP contribution in [0.1, 0.15) is 0 Å². The average molecular weight is 372 g/mol. The minimum Gasteiger partial charge on any atom is -0.999 e. The Kier molecular flexibility index (Phi) is 13.4. The third-order valence-corrected chi connectivity index (χ3v) is 2.07. The minimum atomic E-state index is -5.19. The summed E-state index contributed by atoms with van der Waals surface area (Å²) in [6.45, 7) is 0. The van der Waals surface area contributed by atoms with Gasteiger partial charge in [0.2, 0.25) is 0 Å². The van der Waals surface area contributed by atoms with Gasteiger partial charge in [-0.3, -0.25) is 0 Å². The van der Waals surface area contributed by atoms with Crippen molar-refractivity contribution in [1.29, 1.82) is 5.46 Å². The molecule has 20 heavy (non-hydrogen) atoms. The molecule has 0 aliphatic heterocycles. The van der Waals surface area contributed by atoms with Crippen LogP contribution in [0.4, 0.5) is 26.3 Å². The molecule has 0 atom stereocenters. The van der Waals surface area contributed by atoms with E-state index >= 15 is 0 Å². The van der Waals surface area contributed by atoms with Gasteiger partial charge >= 0.3 is 22.6 Å². The van der Waals surface area contributed by atoms with Gasteiger partial charge in [0.15, 0.2) is 0 Å². The van der Waals surface area contributed by atoms with Crippen LogP contribution < -0.4 is 0 Å². The first-order valence-corrected chi connectivity index (χ1v) is 4.62. The molecule has 0 spiro atoms. The first kappa shape index (κ1) is 24.3. The Morgan fingerprint density at radius 3 is 1.20 bits per heavy atom. The summed E-state index contributed by atoms with van der Waals surface area (Å²) in [5, 5.41) is 0. The molecule has 1 aromatic rings. The Hall–Kier alpha value is -0.701.